The highest BCUT2D eigenvalue weighted by atomic mass is 16.4. The monoisotopic (exact) mass is 340 g/mol. The van der Waals surface area contributed by atoms with Crippen molar-refractivity contribution >= 4 is 17.6 Å². The molecule has 0 aliphatic carbocycles. The Morgan fingerprint density at radius 1 is 1.04 bits per heavy atom. The molecule has 0 aliphatic heterocycles. The van der Waals surface area contributed by atoms with Gasteiger partial charge < -0.3 is 9.52 Å². The average Bonchev–Trinajstić information content (AvgIpc) is 3.14. The van der Waals surface area contributed by atoms with Gasteiger partial charge in [-0.15, -0.1) is 0 Å². The zero-order chi connectivity index (χ0) is 18.5. The van der Waals surface area contributed by atoms with Gasteiger partial charge in [0.2, 0.25) is 0 Å². The normalized spacial score (nSPS) is 10.8. The molecule has 0 amide bonds. The van der Waals surface area contributed by atoms with E-state index >= 15 is 0 Å². The van der Waals surface area contributed by atoms with E-state index in [9.17, 15) is 15.2 Å². The third-order valence-corrected chi connectivity index (χ3v) is 3.76. The first-order valence-electron chi connectivity index (χ1n) is 7.67. The molecule has 0 fully saturated rings. The number of carboxylic acid groups (broad SMARTS) is 1. The summed E-state index contributed by atoms with van der Waals surface area (Å²) in [7, 11) is 0. The molecule has 1 aromatic heterocycles. The summed E-state index contributed by atoms with van der Waals surface area (Å²) >= 11 is 0. The van der Waals surface area contributed by atoms with Crippen LogP contribution in [0.2, 0.25) is 0 Å². The van der Waals surface area contributed by atoms with Crippen LogP contribution in [-0.4, -0.2) is 11.1 Å². The van der Waals surface area contributed by atoms with Gasteiger partial charge in [0.25, 0.3) is 0 Å². The zero-order valence-electron chi connectivity index (χ0n) is 13.5. The van der Waals surface area contributed by atoms with E-state index in [1.807, 2.05) is 6.07 Å². The van der Waals surface area contributed by atoms with E-state index in [0.717, 1.165) is 0 Å². The maximum Gasteiger partial charge on any atom is 0.336 e. The number of rotatable bonds is 4. The quantitative estimate of drug-likeness (QED) is 0.701. The third kappa shape index (κ3) is 3.38. The van der Waals surface area contributed by atoms with E-state index < -0.39 is 5.97 Å². The van der Waals surface area contributed by atoms with E-state index in [2.05, 4.69) is 6.07 Å². The minimum Gasteiger partial charge on any atom is -0.478 e. The lowest BCUT2D eigenvalue weighted by atomic mass is 10.0. The van der Waals surface area contributed by atoms with Gasteiger partial charge in [0.1, 0.15) is 11.5 Å². The van der Waals surface area contributed by atoms with Crippen molar-refractivity contribution in [2.45, 2.75) is 0 Å². The molecule has 0 unspecified atom stereocenters. The van der Waals surface area contributed by atoms with Crippen molar-refractivity contribution in [2.24, 2.45) is 0 Å². The largest absolute Gasteiger partial charge is 0.478 e. The number of hydrogen-bond acceptors (Lipinski definition) is 4. The Kier molecular flexibility index (Phi) is 4.65. The second kappa shape index (κ2) is 7.21. The fraction of sp³-hybridized carbons (Fsp3) is 0. The lowest BCUT2D eigenvalue weighted by Gasteiger charge is -2.02. The Hall–Kier alpha value is -4.09. The van der Waals surface area contributed by atoms with E-state index in [0.29, 0.717) is 33.8 Å². The van der Waals surface area contributed by atoms with Gasteiger partial charge in [0, 0.05) is 5.56 Å². The number of hydrogen-bond donors (Lipinski definition) is 1. The first-order chi connectivity index (χ1) is 12.6. The first kappa shape index (κ1) is 16.8. The van der Waals surface area contributed by atoms with Crippen LogP contribution in [0, 0.1) is 22.7 Å². The molecule has 1 N–H and O–H groups in total. The van der Waals surface area contributed by atoms with Gasteiger partial charge in [-0.25, -0.2) is 4.79 Å². The van der Waals surface area contributed by atoms with Gasteiger partial charge in [-0.05, 0) is 42.0 Å². The number of furan rings is 1. The summed E-state index contributed by atoms with van der Waals surface area (Å²) in [6.45, 7) is 0. The lowest BCUT2D eigenvalue weighted by Crippen LogP contribution is -1.98. The van der Waals surface area contributed by atoms with Crippen molar-refractivity contribution in [1.82, 2.24) is 0 Å². The molecule has 124 valence electrons. The molecule has 5 heteroatoms. The maximum atomic E-state index is 11.3. The molecule has 0 aliphatic rings. The van der Waals surface area contributed by atoms with E-state index in [4.69, 9.17) is 9.68 Å². The summed E-state index contributed by atoms with van der Waals surface area (Å²) in [6.07, 6.45) is 1.56. The summed E-state index contributed by atoms with van der Waals surface area (Å²) < 4.78 is 5.72. The van der Waals surface area contributed by atoms with Crippen molar-refractivity contribution in [3.8, 4) is 23.5 Å². The third-order valence-electron chi connectivity index (χ3n) is 3.76. The number of carboxylic acids is 1. The molecule has 0 saturated heterocycles. The van der Waals surface area contributed by atoms with Gasteiger partial charge in [0.05, 0.1) is 28.8 Å². The fourth-order valence-electron chi connectivity index (χ4n) is 2.54. The second-order valence-corrected chi connectivity index (χ2v) is 5.42. The highest BCUT2D eigenvalue weighted by molar-refractivity contribution is 5.95. The lowest BCUT2D eigenvalue weighted by molar-refractivity contribution is 0.0697. The molecule has 2 aromatic carbocycles. The number of nitriles is 2. The SMILES string of the molecule is N#C/C(=C/c1ccc(-c2ccccc2C(=O)O)o1)c1cccc(C#N)c1. The van der Waals surface area contributed by atoms with Crippen LogP contribution in [0.4, 0.5) is 0 Å². The number of aromatic carboxylic acids is 1. The van der Waals surface area contributed by atoms with Crippen LogP contribution < -0.4 is 0 Å². The van der Waals surface area contributed by atoms with Gasteiger partial charge in [-0.1, -0.05) is 30.3 Å². The Balaban J connectivity index is 2.00. The molecular formula is C21H12N2O3. The maximum absolute atomic E-state index is 11.3. The van der Waals surface area contributed by atoms with Crippen LogP contribution >= 0.6 is 0 Å². The highest BCUT2D eigenvalue weighted by Gasteiger charge is 2.14. The standard InChI is InChI=1S/C21H12N2O3/c22-12-14-4-3-5-15(10-14)16(13-23)11-17-8-9-20(26-17)18-6-1-2-7-19(18)21(24)25/h1-11H,(H,24,25)/b16-11-. The molecule has 26 heavy (non-hydrogen) atoms. The summed E-state index contributed by atoms with van der Waals surface area (Å²) in [4.78, 5) is 11.3. The van der Waals surface area contributed by atoms with Crippen molar-refractivity contribution in [3.05, 3.63) is 83.1 Å². The van der Waals surface area contributed by atoms with Gasteiger partial charge in [-0.3, -0.25) is 0 Å². The zero-order valence-corrected chi connectivity index (χ0v) is 13.5. The van der Waals surface area contributed by atoms with Crippen LogP contribution in [0.25, 0.3) is 23.0 Å². The molecule has 1 heterocycles. The van der Waals surface area contributed by atoms with Crippen molar-refractivity contribution < 1.29 is 14.3 Å². The van der Waals surface area contributed by atoms with Crippen LogP contribution in [0.5, 0.6) is 0 Å². The predicted molar refractivity (Wildman–Crippen MR) is 95.7 cm³/mol. The number of allylic oxidation sites excluding steroid dienone is 1. The molecule has 0 spiro atoms. The van der Waals surface area contributed by atoms with Crippen LogP contribution in [0.3, 0.4) is 0 Å². The van der Waals surface area contributed by atoms with Crippen molar-refractivity contribution in [1.29, 1.82) is 10.5 Å². The van der Waals surface area contributed by atoms with Crippen LogP contribution in [0.1, 0.15) is 27.2 Å². The van der Waals surface area contributed by atoms with Crippen molar-refractivity contribution in [2.75, 3.05) is 0 Å². The first-order valence-corrected chi connectivity index (χ1v) is 7.67. The molecular weight excluding hydrogens is 328 g/mol. The minimum absolute atomic E-state index is 0.139. The molecule has 3 aromatic rings. The highest BCUT2D eigenvalue weighted by Crippen LogP contribution is 2.28. The molecule has 0 atom stereocenters. The Morgan fingerprint density at radius 3 is 2.58 bits per heavy atom. The van der Waals surface area contributed by atoms with Crippen LogP contribution in [0.15, 0.2) is 65.1 Å². The van der Waals surface area contributed by atoms with Gasteiger partial charge in [-0.2, -0.15) is 10.5 Å². The Bertz CT molecular complexity index is 1090. The molecule has 3 rings (SSSR count). The topological polar surface area (TPSA) is 98.0 Å². The van der Waals surface area contributed by atoms with E-state index in [1.165, 1.54) is 6.07 Å². The number of carbonyl (C=O) groups is 1. The second-order valence-electron chi connectivity index (χ2n) is 5.42. The molecule has 0 saturated carbocycles. The molecule has 0 radical (unpaired) electrons. The predicted octanol–water partition coefficient (Wildman–Crippen LogP) is 4.58. The van der Waals surface area contributed by atoms with Gasteiger partial charge >= 0.3 is 5.97 Å². The van der Waals surface area contributed by atoms with E-state index in [1.54, 1.807) is 60.7 Å². The summed E-state index contributed by atoms with van der Waals surface area (Å²) in [5.74, 6) is -0.225. The fourth-order valence-corrected chi connectivity index (χ4v) is 2.54. The number of benzene rings is 2. The Morgan fingerprint density at radius 2 is 1.85 bits per heavy atom. The molecule has 5 nitrogen and oxygen atoms in total. The average molecular weight is 340 g/mol. The van der Waals surface area contributed by atoms with Crippen LogP contribution in [-0.2, 0) is 0 Å². The minimum atomic E-state index is -1.04. The summed E-state index contributed by atoms with van der Waals surface area (Å²) in [5.41, 5.74) is 2.01. The van der Waals surface area contributed by atoms with Gasteiger partial charge in [0.15, 0.2) is 0 Å². The van der Waals surface area contributed by atoms with Crippen molar-refractivity contribution in [3.63, 3.8) is 0 Å². The number of nitrogens with zero attached hydrogens (tertiary/aromatic N) is 2. The summed E-state index contributed by atoms with van der Waals surface area (Å²) in [5, 5.41) is 27.7. The Labute approximate surface area is 149 Å². The molecule has 0 bridgehead atoms. The van der Waals surface area contributed by atoms with E-state index in [-0.39, 0.29) is 5.56 Å². The smallest absolute Gasteiger partial charge is 0.336 e. The summed E-state index contributed by atoms with van der Waals surface area (Å²) in [6, 6.07) is 20.7.